The van der Waals surface area contributed by atoms with Crippen molar-refractivity contribution in [1.82, 2.24) is 20.1 Å². The summed E-state index contributed by atoms with van der Waals surface area (Å²) in [5.74, 6) is 3.72. The van der Waals surface area contributed by atoms with Gasteiger partial charge in [0, 0.05) is 43.5 Å². The van der Waals surface area contributed by atoms with Crippen LogP contribution in [0.5, 0.6) is 5.75 Å². The Morgan fingerprint density at radius 2 is 2.14 bits per heavy atom. The first kappa shape index (κ1) is 18.0. The Bertz CT molecular complexity index is 1090. The largest absolute Gasteiger partial charge is 0.497 e. The van der Waals surface area contributed by atoms with Gasteiger partial charge in [-0.25, -0.2) is 0 Å². The van der Waals surface area contributed by atoms with Crippen molar-refractivity contribution in [2.45, 2.75) is 32.2 Å². The van der Waals surface area contributed by atoms with E-state index in [0.717, 1.165) is 59.9 Å². The summed E-state index contributed by atoms with van der Waals surface area (Å²) in [6, 6.07) is 6.08. The summed E-state index contributed by atoms with van der Waals surface area (Å²) in [6.07, 6.45) is 2.48. The molecule has 0 spiro atoms. The van der Waals surface area contributed by atoms with Gasteiger partial charge >= 0.3 is 0 Å². The molecule has 8 heteroatoms. The van der Waals surface area contributed by atoms with Crippen molar-refractivity contribution < 1.29 is 13.9 Å². The van der Waals surface area contributed by atoms with E-state index in [2.05, 4.69) is 20.4 Å². The number of benzene rings is 1. The zero-order valence-corrected chi connectivity index (χ0v) is 16.9. The quantitative estimate of drug-likeness (QED) is 0.734. The monoisotopic (exact) mass is 395 g/mol. The molecule has 5 rings (SSSR count). The summed E-state index contributed by atoms with van der Waals surface area (Å²) < 4.78 is 13.5. The van der Waals surface area contributed by atoms with Gasteiger partial charge in [-0.15, -0.1) is 10.2 Å². The van der Waals surface area contributed by atoms with E-state index in [1.165, 1.54) is 0 Å². The molecule has 2 fully saturated rings. The number of hydrogen-bond acceptors (Lipinski definition) is 6. The number of carbonyl (C=O) groups excluding carboxylic acids is 1. The summed E-state index contributed by atoms with van der Waals surface area (Å²) in [5.41, 5.74) is 1.83. The van der Waals surface area contributed by atoms with E-state index in [9.17, 15) is 4.79 Å². The number of fused-ring (bicyclic) bond motifs is 2. The number of rotatable bonds is 3. The smallest absolute Gasteiger partial charge is 0.227 e. The van der Waals surface area contributed by atoms with Gasteiger partial charge in [-0.05, 0) is 43.9 Å². The number of furan rings is 1. The summed E-state index contributed by atoms with van der Waals surface area (Å²) in [4.78, 5) is 13.9. The normalized spacial score (nSPS) is 21.9. The highest BCUT2D eigenvalue weighted by molar-refractivity contribution is 5.87. The summed E-state index contributed by atoms with van der Waals surface area (Å²) in [7, 11) is 3.64. The van der Waals surface area contributed by atoms with Gasteiger partial charge in [-0.2, -0.15) is 0 Å². The first-order valence-corrected chi connectivity index (χ1v) is 10.1. The van der Waals surface area contributed by atoms with Crippen LogP contribution in [0.3, 0.4) is 0 Å². The van der Waals surface area contributed by atoms with E-state index in [-0.39, 0.29) is 11.9 Å². The molecule has 2 atom stereocenters. The number of anilines is 1. The number of aromatic nitrogens is 3. The Labute approximate surface area is 168 Å². The average molecular weight is 395 g/mol. The van der Waals surface area contributed by atoms with Crippen LogP contribution in [-0.4, -0.2) is 46.9 Å². The molecular formula is C21H25N5O3. The fraction of sp³-hybridized carbons (Fsp3) is 0.476. The van der Waals surface area contributed by atoms with Crippen LogP contribution in [0.1, 0.15) is 24.8 Å². The topological polar surface area (TPSA) is 85.4 Å². The lowest BCUT2D eigenvalue weighted by molar-refractivity contribution is -0.124. The number of piperidine rings is 2. The van der Waals surface area contributed by atoms with Gasteiger partial charge in [0.2, 0.25) is 17.7 Å². The van der Waals surface area contributed by atoms with E-state index in [1.807, 2.05) is 36.7 Å². The fourth-order valence-electron chi connectivity index (χ4n) is 4.63. The molecular weight excluding hydrogens is 370 g/mol. The highest BCUT2D eigenvalue weighted by atomic mass is 16.5. The molecule has 1 amide bonds. The molecule has 2 saturated heterocycles. The van der Waals surface area contributed by atoms with Crippen LogP contribution in [0.2, 0.25) is 0 Å². The number of nitrogens with one attached hydrogen (secondary N) is 1. The second-order valence-corrected chi connectivity index (χ2v) is 8.01. The van der Waals surface area contributed by atoms with Crippen LogP contribution in [0.15, 0.2) is 22.6 Å². The third kappa shape index (κ3) is 2.94. The molecule has 29 heavy (non-hydrogen) atoms. The van der Waals surface area contributed by atoms with Gasteiger partial charge in [0.1, 0.15) is 11.3 Å². The van der Waals surface area contributed by atoms with Crippen molar-refractivity contribution in [3.05, 3.63) is 23.8 Å². The SMILES string of the molecule is COc1ccc2oc(-c3nnc(N4CCC5NC(=O)CCC5C4)n3C)c(C)c2c1. The lowest BCUT2D eigenvalue weighted by Gasteiger charge is -2.41. The van der Waals surface area contributed by atoms with Gasteiger partial charge in [0.05, 0.1) is 7.11 Å². The molecule has 3 aromatic rings. The Hall–Kier alpha value is -3.03. The van der Waals surface area contributed by atoms with Crippen molar-refractivity contribution in [1.29, 1.82) is 0 Å². The highest BCUT2D eigenvalue weighted by Crippen LogP contribution is 2.35. The second-order valence-electron chi connectivity index (χ2n) is 8.01. The Morgan fingerprint density at radius 1 is 1.28 bits per heavy atom. The minimum atomic E-state index is 0.178. The summed E-state index contributed by atoms with van der Waals surface area (Å²) >= 11 is 0. The Morgan fingerprint density at radius 3 is 2.97 bits per heavy atom. The molecule has 4 heterocycles. The Kier molecular flexibility index (Phi) is 4.22. The molecule has 1 N–H and O–H groups in total. The minimum absolute atomic E-state index is 0.178. The predicted molar refractivity (Wildman–Crippen MR) is 109 cm³/mol. The molecule has 2 aromatic heterocycles. The van der Waals surface area contributed by atoms with E-state index in [0.29, 0.717) is 18.2 Å². The standard InChI is InChI=1S/C21H25N5O3/c1-12-15-10-14(28-3)5-6-17(15)29-19(12)20-23-24-21(25(20)2)26-9-8-16-13(11-26)4-7-18(27)22-16/h5-6,10,13,16H,4,7-9,11H2,1-3H3,(H,22,27). The first-order chi connectivity index (χ1) is 14.0. The fourth-order valence-corrected chi connectivity index (χ4v) is 4.63. The molecule has 2 unspecified atom stereocenters. The van der Waals surface area contributed by atoms with E-state index in [4.69, 9.17) is 9.15 Å². The van der Waals surface area contributed by atoms with Crippen molar-refractivity contribution in [3.63, 3.8) is 0 Å². The molecule has 8 nitrogen and oxygen atoms in total. The lowest BCUT2D eigenvalue weighted by Crippen LogP contribution is -2.54. The summed E-state index contributed by atoms with van der Waals surface area (Å²) in [5, 5.41) is 13.1. The van der Waals surface area contributed by atoms with Gasteiger partial charge in [0.25, 0.3) is 0 Å². The molecule has 1 aromatic carbocycles. The van der Waals surface area contributed by atoms with Crippen LogP contribution in [-0.2, 0) is 11.8 Å². The van der Waals surface area contributed by atoms with E-state index >= 15 is 0 Å². The van der Waals surface area contributed by atoms with Crippen LogP contribution in [0, 0.1) is 12.8 Å². The van der Waals surface area contributed by atoms with Gasteiger partial charge in [-0.1, -0.05) is 0 Å². The third-order valence-electron chi connectivity index (χ3n) is 6.30. The first-order valence-electron chi connectivity index (χ1n) is 10.1. The van der Waals surface area contributed by atoms with Gasteiger partial charge in [-0.3, -0.25) is 9.36 Å². The Balaban J connectivity index is 1.45. The van der Waals surface area contributed by atoms with Gasteiger partial charge < -0.3 is 19.4 Å². The van der Waals surface area contributed by atoms with E-state index < -0.39 is 0 Å². The van der Waals surface area contributed by atoms with E-state index in [1.54, 1.807) is 7.11 Å². The lowest BCUT2D eigenvalue weighted by atomic mass is 9.85. The number of carbonyl (C=O) groups is 1. The average Bonchev–Trinajstić information content (AvgIpc) is 3.27. The number of amides is 1. The number of nitrogens with zero attached hydrogens (tertiary/aromatic N) is 4. The molecule has 0 saturated carbocycles. The molecule has 2 aliphatic heterocycles. The maximum atomic E-state index is 11.7. The molecule has 2 aliphatic rings. The number of aryl methyl sites for hydroxylation is 1. The zero-order chi connectivity index (χ0) is 20.1. The van der Waals surface area contributed by atoms with Crippen molar-refractivity contribution in [2.24, 2.45) is 13.0 Å². The van der Waals surface area contributed by atoms with Crippen molar-refractivity contribution in [2.75, 3.05) is 25.1 Å². The van der Waals surface area contributed by atoms with Crippen LogP contribution in [0.25, 0.3) is 22.6 Å². The number of ether oxygens (including phenoxy) is 1. The zero-order valence-electron chi connectivity index (χ0n) is 16.9. The predicted octanol–water partition coefficient (Wildman–Crippen LogP) is 2.65. The van der Waals surface area contributed by atoms with Crippen molar-refractivity contribution >= 4 is 22.8 Å². The molecule has 0 aliphatic carbocycles. The maximum Gasteiger partial charge on any atom is 0.227 e. The minimum Gasteiger partial charge on any atom is -0.497 e. The van der Waals surface area contributed by atoms with Crippen LogP contribution >= 0.6 is 0 Å². The summed E-state index contributed by atoms with van der Waals surface area (Å²) in [6.45, 7) is 3.77. The van der Waals surface area contributed by atoms with Crippen LogP contribution < -0.4 is 15.0 Å². The van der Waals surface area contributed by atoms with Gasteiger partial charge in [0.15, 0.2) is 5.76 Å². The number of methoxy groups -OCH3 is 1. The molecule has 0 radical (unpaired) electrons. The maximum absolute atomic E-state index is 11.7. The highest BCUT2D eigenvalue weighted by Gasteiger charge is 2.35. The van der Waals surface area contributed by atoms with Crippen molar-refractivity contribution in [3.8, 4) is 17.3 Å². The third-order valence-corrected chi connectivity index (χ3v) is 6.30. The van der Waals surface area contributed by atoms with Crippen LogP contribution in [0.4, 0.5) is 5.95 Å². The molecule has 152 valence electrons. The molecule has 0 bridgehead atoms. The second kappa shape index (κ2) is 6.79. The number of hydrogen-bond donors (Lipinski definition) is 1.